The molecule has 3 heteroatoms. The number of rotatable bonds is 8. The molecule has 2 amide bonds. The first-order valence-corrected chi connectivity index (χ1v) is 7.89. The molecule has 1 heterocycles. The van der Waals surface area contributed by atoms with Crippen LogP contribution in [0.3, 0.4) is 0 Å². The molecule has 0 saturated heterocycles. The van der Waals surface area contributed by atoms with Gasteiger partial charge in [-0.15, -0.1) is 0 Å². The minimum Gasteiger partial charge on any atom is -0.268 e. The molecule has 0 N–H and O–H groups in total. The van der Waals surface area contributed by atoms with Crippen LogP contribution >= 0.6 is 0 Å². The summed E-state index contributed by atoms with van der Waals surface area (Å²) in [6, 6.07) is 6.98. The number of benzene rings is 1. The van der Waals surface area contributed by atoms with Gasteiger partial charge in [0.25, 0.3) is 11.8 Å². The van der Waals surface area contributed by atoms with Crippen LogP contribution in [0.15, 0.2) is 36.5 Å². The molecule has 0 spiro atoms. The van der Waals surface area contributed by atoms with Crippen LogP contribution in [-0.2, 0) is 0 Å². The lowest BCUT2D eigenvalue weighted by atomic mass is 10.1. The van der Waals surface area contributed by atoms with E-state index in [-0.39, 0.29) is 11.8 Å². The van der Waals surface area contributed by atoms with E-state index in [0.29, 0.717) is 11.1 Å². The van der Waals surface area contributed by atoms with Crippen molar-refractivity contribution in [3.8, 4) is 0 Å². The minimum absolute atomic E-state index is 0.213. The van der Waals surface area contributed by atoms with Gasteiger partial charge in [-0.05, 0) is 25.0 Å². The van der Waals surface area contributed by atoms with Crippen molar-refractivity contribution < 1.29 is 9.59 Å². The Hall–Kier alpha value is -1.90. The third-order valence-electron chi connectivity index (χ3n) is 3.80. The highest BCUT2D eigenvalue weighted by molar-refractivity contribution is 6.22. The van der Waals surface area contributed by atoms with E-state index < -0.39 is 0 Å². The molecule has 1 aromatic rings. The quantitative estimate of drug-likeness (QED) is 0.519. The fourth-order valence-corrected chi connectivity index (χ4v) is 2.57. The van der Waals surface area contributed by atoms with Gasteiger partial charge in [-0.3, -0.25) is 9.59 Å². The fourth-order valence-electron chi connectivity index (χ4n) is 2.57. The topological polar surface area (TPSA) is 37.4 Å². The van der Waals surface area contributed by atoms with Crippen LogP contribution in [0.1, 0.15) is 72.6 Å². The summed E-state index contributed by atoms with van der Waals surface area (Å²) < 4.78 is 0. The number of amides is 2. The molecule has 0 bridgehead atoms. The predicted octanol–water partition coefficient (Wildman–Crippen LogP) is 4.55. The van der Waals surface area contributed by atoms with Crippen molar-refractivity contribution in [2.75, 3.05) is 0 Å². The van der Waals surface area contributed by atoms with Crippen LogP contribution in [-0.4, -0.2) is 16.7 Å². The molecule has 0 atom stereocenters. The summed E-state index contributed by atoms with van der Waals surface area (Å²) in [5, 5.41) is 0. The van der Waals surface area contributed by atoms with Crippen molar-refractivity contribution in [2.24, 2.45) is 0 Å². The monoisotopic (exact) mass is 285 g/mol. The summed E-state index contributed by atoms with van der Waals surface area (Å²) in [5.74, 6) is -0.426. The SMILES string of the molecule is CCCCCCCCC=CN1C(=O)c2ccccc2C1=O. The van der Waals surface area contributed by atoms with E-state index in [1.165, 1.54) is 37.0 Å². The second kappa shape index (κ2) is 7.77. The van der Waals surface area contributed by atoms with Gasteiger partial charge in [0.05, 0.1) is 11.1 Å². The van der Waals surface area contributed by atoms with E-state index in [0.717, 1.165) is 12.8 Å². The molecule has 1 aliphatic heterocycles. The summed E-state index contributed by atoms with van der Waals surface area (Å²) in [6.07, 6.45) is 12.0. The van der Waals surface area contributed by atoms with Gasteiger partial charge in [0.1, 0.15) is 0 Å². The zero-order valence-electron chi connectivity index (χ0n) is 12.7. The lowest BCUT2D eigenvalue weighted by molar-refractivity contribution is 0.0721. The summed E-state index contributed by atoms with van der Waals surface area (Å²) in [4.78, 5) is 25.4. The van der Waals surface area contributed by atoms with Crippen LogP contribution in [0.4, 0.5) is 0 Å². The molecule has 0 fully saturated rings. The molecule has 0 aromatic heterocycles. The molecular weight excluding hydrogens is 262 g/mol. The highest BCUT2D eigenvalue weighted by Crippen LogP contribution is 2.22. The maximum atomic E-state index is 12.1. The molecule has 0 saturated carbocycles. The number of imide groups is 1. The van der Waals surface area contributed by atoms with Gasteiger partial charge in [0.2, 0.25) is 0 Å². The molecule has 0 unspecified atom stereocenters. The number of hydrogen-bond donors (Lipinski definition) is 0. The Morgan fingerprint density at radius 2 is 1.48 bits per heavy atom. The standard InChI is InChI=1S/C18H23NO2/c1-2-3-4-5-6-7-8-11-14-19-17(20)15-12-9-10-13-16(15)18(19)21/h9-14H,2-8H2,1H3. The molecule has 1 aromatic carbocycles. The zero-order chi connectivity index (χ0) is 15.1. The van der Waals surface area contributed by atoms with E-state index in [4.69, 9.17) is 0 Å². The minimum atomic E-state index is -0.213. The molecule has 112 valence electrons. The van der Waals surface area contributed by atoms with Crippen molar-refractivity contribution in [3.05, 3.63) is 47.7 Å². The summed E-state index contributed by atoms with van der Waals surface area (Å²) in [6.45, 7) is 2.21. The van der Waals surface area contributed by atoms with Gasteiger partial charge in [-0.1, -0.05) is 57.2 Å². The Balaban J connectivity index is 1.78. The molecule has 21 heavy (non-hydrogen) atoms. The highest BCUT2D eigenvalue weighted by Gasteiger charge is 2.33. The van der Waals surface area contributed by atoms with Gasteiger partial charge in [-0.25, -0.2) is 4.90 Å². The highest BCUT2D eigenvalue weighted by atomic mass is 16.2. The first kappa shape index (κ1) is 15.5. The third kappa shape index (κ3) is 3.81. The molecule has 3 nitrogen and oxygen atoms in total. The molecule has 2 rings (SSSR count). The van der Waals surface area contributed by atoms with Crippen LogP contribution in [0.5, 0.6) is 0 Å². The lowest BCUT2D eigenvalue weighted by Crippen LogP contribution is -2.23. The normalized spacial score (nSPS) is 14.2. The Labute approximate surface area is 126 Å². The summed E-state index contributed by atoms with van der Waals surface area (Å²) in [5.41, 5.74) is 1.01. The first-order valence-electron chi connectivity index (χ1n) is 7.89. The third-order valence-corrected chi connectivity index (χ3v) is 3.80. The first-order chi connectivity index (χ1) is 10.3. The number of carbonyl (C=O) groups excluding carboxylic acids is 2. The van der Waals surface area contributed by atoms with Crippen LogP contribution < -0.4 is 0 Å². The van der Waals surface area contributed by atoms with Crippen LogP contribution in [0.2, 0.25) is 0 Å². The number of fused-ring (bicyclic) bond motifs is 1. The fraction of sp³-hybridized carbons (Fsp3) is 0.444. The Bertz CT molecular complexity index is 499. The van der Waals surface area contributed by atoms with E-state index >= 15 is 0 Å². The van der Waals surface area contributed by atoms with Crippen molar-refractivity contribution in [1.29, 1.82) is 0 Å². The Kier molecular flexibility index (Phi) is 5.73. The van der Waals surface area contributed by atoms with Gasteiger partial charge >= 0.3 is 0 Å². The second-order valence-corrected chi connectivity index (χ2v) is 5.47. The largest absolute Gasteiger partial charge is 0.268 e. The Morgan fingerprint density at radius 1 is 0.905 bits per heavy atom. The second-order valence-electron chi connectivity index (χ2n) is 5.47. The van der Waals surface area contributed by atoms with Crippen LogP contribution in [0.25, 0.3) is 0 Å². The number of allylic oxidation sites excluding steroid dienone is 1. The number of unbranched alkanes of at least 4 members (excludes halogenated alkanes) is 6. The number of hydrogen-bond acceptors (Lipinski definition) is 2. The predicted molar refractivity (Wildman–Crippen MR) is 84.1 cm³/mol. The Morgan fingerprint density at radius 3 is 2.10 bits per heavy atom. The van der Waals surface area contributed by atoms with Gasteiger partial charge in [0, 0.05) is 6.20 Å². The molecular formula is C18H23NO2. The van der Waals surface area contributed by atoms with E-state index in [1.807, 2.05) is 6.08 Å². The number of nitrogens with zero attached hydrogens (tertiary/aromatic N) is 1. The van der Waals surface area contributed by atoms with E-state index in [9.17, 15) is 9.59 Å². The van der Waals surface area contributed by atoms with Gasteiger partial charge in [0.15, 0.2) is 0 Å². The van der Waals surface area contributed by atoms with Gasteiger partial charge < -0.3 is 0 Å². The smallest absolute Gasteiger partial charge is 0.265 e. The van der Waals surface area contributed by atoms with Crippen molar-refractivity contribution in [1.82, 2.24) is 4.90 Å². The summed E-state index contributed by atoms with van der Waals surface area (Å²) >= 11 is 0. The van der Waals surface area contributed by atoms with Crippen molar-refractivity contribution in [2.45, 2.75) is 51.9 Å². The maximum Gasteiger partial charge on any atom is 0.265 e. The molecule has 0 radical (unpaired) electrons. The molecule has 0 aliphatic carbocycles. The van der Waals surface area contributed by atoms with E-state index in [2.05, 4.69) is 6.92 Å². The van der Waals surface area contributed by atoms with Crippen molar-refractivity contribution in [3.63, 3.8) is 0 Å². The summed E-state index contributed by atoms with van der Waals surface area (Å²) in [7, 11) is 0. The van der Waals surface area contributed by atoms with E-state index in [1.54, 1.807) is 30.5 Å². The lowest BCUT2D eigenvalue weighted by Gasteiger charge is -2.06. The van der Waals surface area contributed by atoms with Crippen LogP contribution in [0, 0.1) is 0 Å². The molecule has 1 aliphatic rings. The average Bonchev–Trinajstić information content (AvgIpc) is 2.75. The zero-order valence-corrected chi connectivity index (χ0v) is 12.7. The van der Waals surface area contributed by atoms with Gasteiger partial charge in [-0.2, -0.15) is 0 Å². The maximum absolute atomic E-state index is 12.1. The average molecular weight is 285 g/mol. The van der Waals surface area contributed by atoms with Crippen molar-refractivity contribution >= 4 is 11.8 Å². The number of carbonyl (C=O) groups is 2.